The van der Waals surface area contributed by atoms with Crippen molar-refractivity contribution in [3.8, 4) is 0 Å². The van der Waals surface area contributed by atoms with Crippen molar-refractivity contribution in [3.05, 3.63) is 52.8 Å². The Kier molecular flexibility index (Phi) is 5.90. The van der Waals surface area contributed by atoms with Crippen molar-refractivity contribution in [3.63, 3.8) is 0 Å². The van der Waals surface area contributed by atoms with Gasteiger partial charge in [-0.1, -0.05) is 23.7 Å². The van der Waals surface area contributed by atoms with Crippen LogP contribution in [-0.2, 0) is 17.9 Å². The fourth-order valence-electron chi connectivity index (χ4n) is 3.01. The number of benzene rings is 1. The number of carboxylic acids is 1. The maximum atomic E-state index is 12.4. The average molecular weight is 377 g/mol. The van der Waals surface area contributed by atoms with Crippen LogP contribution in [0.2, 0.25) is 5.02 Å². The molecule has 1 N–H and O–H groups in total. The third-order valence-corrected chi connectivity index (χ3v) is 4.69. The Bertz CT molecular complexity index is 784. The number of aromatic carboxylic acids is 1. The number of nitrogens with zero attached hydrogens (tertiary/aromatic N) is 4. The van der Waals surface area contributed by atoms with Crippen molar-refractivity contribution in [2.24, 2.45) is 0 Å². The van der Waals surface area contributed by atoms with Crippen LogP contribution in [0.4, 0.5) is 0 Å². The summed E-state index contributed by atoms with van der Waals surface area (Å²) < 4.78 is 1.50. The zero-order chi connectivity index (χ0) is 18.5. The molecule has 7 nitrogen and oxygen atoms in total. The topological polar surface area (TPSA) is 78.7 Å². The lowest BCUT2D eigenvalue weighted by molar-refractivity contribution is -0.133. The second kappa shape index (κ2) is 8.33. The molecule has 0 aliphatic carbocycles. The molecule has 0 bridgehead atoms. The van der Waals surface area contributed by atoms with E-state index in [-0.39, 0.29) is 11.5 Å². The predicted molar refractivity (Wildman–Crippen MR) is 97.1 cm³/mol. The zero-order valence-corrected chi connectivity index (χ0v) is 15.1. The first-order valence-corrected chi connectivity index (χ1v) is 8.89. The number of halogens is 1. The van der Waals surface area contributed by atoms with Gasteiger partial charge < -0.3 is 10.0 Å². The van der Waals surface area contributed by atoms with E-state index in [0.717, 1.165) is 24.7 Å². The van der Waals surface area contributed by atoms with E-state index in [1.165, 1.54) is 22.6 Å². The van der Waals surface area contributed by atoms with E-state index >= 15 is 0 Å². The number of aromatic nitrogens is 2. The summed E-state index contributed by atoms with van der Waals surface area (Å²) in [4.78, 5) is 27.4. The molecule has 0 saturated carbocycles. The lowest BCUT2D eigenvalue weighted by Gasteiger charge is -2.34. The number of amides is 1. The first kappa shape index (κ1) is 18.4. The molecule has 8 heteroatoms. The van der Waals surface area contributed by atoms with Crippen molar-refractivity contribution < 1.29 is 14.7 Å². The first-order valence-electron chi connectivity index (χ1n) is 8.51. The van der Waals surface area contributed by atoms with Crippen LogP contribution in [0.1, 0.15) is 22.3 Å². The van der Waals surface area contributed by atoms with Gasteiger partial charge in [-0.05, 0) is 17.7 Å². The highest BCUT2D eigenvalue weighted by Gasteiger charge is 2.21. The summed E-state index contributed by atoms with van der Waals surface area (Å²) in [5, 5.41) is 13.6. The zero-order valence-electron chi connectivity index (χ0n) is 14.3. The van der Waals surface area contributed by atoms with Crippen molar-refractivity contribution in [2.75, 3.05) is 26.2 Å². The van der Waals surface area contributed by atoms with Crippen LogP contribution in [-0.4, -0.2) is 62.7 Å². The quantitative estimate of drug-likeness (QED) is 0.833. The van der Waals surface area contributed by atoms with E-state index < -0.39 is 5.97 Å². The molecule has 1 fully saturated rings. The molecule has 1 aliphatic heterocycles. The molecule has 26 heavy (non-hydrogen) atoms. The maximum Gasteiger partial charge on any atom is 0.338 e. The number of rotatable bonds is 6. The number of hydrogen-bond donors (Lipinski definition) is 1. The first-order chi connectivity index (χ1) is 12.5. The summed E-state index contributed by atoms with van der Waals surface area (Å²) in [6.07, 6.45) is 3.05. The minimum Gasteiger partial charge on any atom is -0.478 e. The number of carboxylic acid groups (broad SMARTS) is 1. The third kappa shape index (κ3) is 4.83. The largest absolute Gasteiger partial charge is 0.478 e. The van der Waals surface area contributed by atoms with Gasteiger partial charge in [0, 0.05) is 56.9 Å². The third-order valence-electron chi connectivity index (χ3n) is 4.46. The number of aryl methyl sites for hydroxylation is 1. The smallest absolute Gasteiger partial charge is 0.338 e. The molecule has 1 amide bonds. The average Bonchev–Trinajstić information content (AvgIpc) is 3.10. The molecule has 0 radical (unpaired) electrons. The van der Waals surface area contributed by atoms with Crippen molar-refractivity contribution in [1.82, 2.24) is 19.6 Å². The van der Waals surface area contributed by atoms with Crippen molar-refractivity contribution in [1.29, 1.82) is 0 Å². The molecule has 1 aromatic heterocycles. The summed E-state index contributed by atoms with van der Waals surface area (Å²) in [6.45, 7) is 4.24. The second-order valence-corrected chi connectivity index (χ2v) is 6.77. The summed E-state index contributed by atoms with van der Waals surface area (Å²) >= 11 is 6.02. The lowest BCUT2D eigenvalue weighted by Crippen LogP contribution is -2.48. The lowest BCUT2D eigenvalue weighted by atomic mass is 10.2. The fourth-order valence-corrected chi connectivity index (χ4v) is 3.23. The van der Waals surface area contributed by atoms with Gasteiger partial charge in [0.1, 0.15) is 0 Å². The molecule has 1 aliphatic rings. The SMILES string of the molecule is O=C(O)c1cnn(CCC(=O)N2CCN(Cc3cccc(Cl)c3)CC2)c1. The molecular formula is C18H21ClN4O3. The summed E-state index contributed by atoms with van der Waals surface area (Å²) in [5.74, 6) is -0.946. The van der Waals surface area contributed by atoms with Crippen molar-refractivity contribution in [2.45, 2.75) is 19.5 Å². The Morgan fingerprint density at radius 2 is 1.96 bits per heavy atom. The van der Waals surface area contributed by atoms with Crippen LogP contribution in [0.15, 0.2) is 36.7 Å². The van der Waals surface area contributed by atoms with Gasteiger partial charge in [-0.15, -0.1) is 0 Å². The summed E-state index contributed by atoms with van der Waals surface area (Å²) in [5.41, 5.74) is 1.30. The highest BCUT2D eigenvalue weighted by molar-refractivity contribution is 6.30. The van der Waals surface area contributed by atoms with Crippen molar-refractivity contribution >= 4 is 23.5 Å². The summed E-state index contributed by atoms with van der Waals surface area (Å²) in [7, 11) is 0. The molecule has 2 aromatic rings. The van der Waals surface area contributed by atoms with Crippen LogP contribution in [0.3, 0.4) is 0 Å². The van der Waals surface area contributed by atoms with E-state index in [0.29, 0.717) is 26.1 Å². The predicted octanol–water partition coefficient (Wildman–Crippen LogP) is 1.97. The second-order valence-electron chi connectivity index (χ2n) is 6.33. The van der Waals surface area contributed by atoms with Gasteiger partial charge in [0.2, 0.25) is 5.91 Å². The Morgan fingerprint density at radius 1 is 1.19 bits per heavy atom. The van der Waals surface area contributed by atoms with Crippen LogP contribution in [0.25, 0.3) is 0 Å². The van der Waals surface area contributed by atoms with Gasteiger partial charge >= 0.3 is 5.97 Å². The molecule has 3 rings (SSSR count). The monoisotopic (exact) mass is 376 g/mol. The molecule has 1 aromatic carbocycles. The van der Waals surface area contributed by atoms with Gasteiger partial charge in [0.05, 0.1) is 11.8 Å². The Morgan fingerprint density at radius 3 is 2.62 bits per heavy atom. The Balaban J connectivity index is 1.43. The molecule has 0 spiro atoms. The maximum absolute atomic E-state index is 12.4. The Hall–Kier alpha value is -2.38. The van der Waals surface area contributed by atoms with Gasteiger partial charge in [0.15, 0.2) is 0 Å². The molecule has 0 unspecified atom stereocenters. The fraction of sp³-hybridized carbons (Fsp3) is 0.389. The molecule has 1 saturated heterocycles. The van der Waals surface area contributed by atoms with E-state index in [9.17, 15) is 9.59 Å². The number of carbonyl (C=O) groups excluding carboxylic acids is 1. The van der Waals surface area contributed by atoms with E-state index in [2.05, 4.69) is 16.1 Å². The highest BCUT2D eigenvalue weighted by atomic mass is 35.5. The van der Waals surface area contributed by atoms with Crippen LogP contribution < -0.4 is 0 Å². The molecule has 138 valence electrons. The van der Waals surface area contributed by atoms with Gasteiger partial charge in [-0.25, -0.2) is 4.79 Å². The minimum atomic E-state index is -1.02. The summed E-state index contributed by atoms with van der Waals surface area (Å²) in [6, 6.07) is 7.83. The van der Waals surface area contributed by atoms with Gasteiger partial charge in [0.25, 0.3) is 0 Å². The standard InChI is InChI=1S/C18H21ClN4O3/c19-16-3-1-2-14(10-16)12-21-6-8-22(9-7-21)17(24)4-5-23-13-15(11-20-23)18(25)26/h1-3,10-11,13H,4-9,12H2,(H,25,26). The van der Waals surface area contributed by atoms with E-state index in [1.54, 1.807) is 0 Å². The minimum absolute atomic E-state index is 0.0692. The van der Waals surface area contributed by atoms with Gasteiger partial charge in [-0.3, -0.25) is 14.4 Å². The van der Waals surface area contributed by atoms with Crippen LogP contribution in [0, 0.1) is 0 Å². The highest BCUT2D eigenvalue weighted by Crippen LogP contribution is 2.14. The number of carbonyl (C=O) groups is 2. The normalized spacial score (nSPS) is 15.2. The van der Waals surface area contributed by atoms with E-state index in [4.69, 9.17) is 16.7 Å². The molecule has 0 atom stereocenters. The molecule has 2 heterocycles. The van der Waals surface area contributed by atoms with Gasteiger partial charge in [-0.2, -0.15) is 5.10 Å². The van der Waals surface area contributed by atoms with E-state index in [1.807, 2.05) is 23.1 Å². The van der Waals surface area contributed by atoms with Crippen LogP contribution in [0.5, 0.6) is 0 Å². The van der Waals surface area contributed by atoms with Crippen LogP contribution >= 0.6 is 11.6 Å². The molecular weight excluding hydrogens is 356 g/mol. The number of hydrogen-bond acceptors (Lipinski definition) is 4. The Labute approximate surface area is 156 Å². The number of piperazine rings is 1.